The van der Waals surface area contributed by atoms with Gasteiger partial charge in [-0.25, -0.2) is 0 Å². The fourth-order valence-corrected chi connectivity index (χ4v) is 3.67. The third kappa shape index (κ3) is 9.98. The number of nitrogens with zero attached hydrogens (tertiary/aromatic N) is 1. The summed E-state index contributed by atoms with van der Waals surface area (Å²) in [6.45, 7) is 7.60. The average molecular weight is 449 g/mol. The number of amides is 4. The van der Waals surface area contributed by atoms with E-state index in [0.29, 0.717) is 19.3 Å². The molecular weight excluding hydrogens is 412 g/mol. The van der Waals surface area contributed by atoms with Gasteiger partial charge in [0.05, 0.1) is 0 Å². The summed E-state index contributed by atoms with van der Waals surface area (Å²) in [6, 6.07) is -1.79. The first-order valence-corrected chi connectivity index (χ1v) is 11.1. The minimum atomic E-state index is -0.904. The maximum Gasteiger partial charge on any atom is 0.287 e. The molecule has 1 aliphatic carbocycles. The number of rotatable bonds is 13. The molecule has 0 aromatic heterocycles. The number of hydrogen-bond donors (Lipinski definition) is 3. The summed E-state index contributed by atoms with van der Waals surface area (Å²) in [4.78, 5) is 59.9. The van der Waals surface area contributed by atoms with Crippen molar-refractivity contribution in [2.24, 2.45) is 28.7 Å². The number of nitrogens with two attached hydrogens (primary N) is 1. The first-order valence-electron chi connectivity index (χ1n) is 11.1. The lowest BCUT2D eigenvalue weighted by Gasteiger charge is -2.26. The van der Waals surface area contributed by atoms with Gasteiger partial charge < -0.3 is 16.4 Å². The normalized spacial score (nSPS) is 16.1. The van der Waals surface area contributed by atoms with E-state index in [-0.39, 0.29) is 18.3 Å². The van der Waals surface area contributed by atoms with Gasteiger partial charge >= 0.3 is 0 Å². The van der Waals surface area contributed by atoms with Crippen LogP contribution in [0.5, 0.6) is 0 Å². The summed E-state index contributed by atoms with van der Waals surface area (Å²) in [5.41, 5.74) is 6.53. The van der Waals surface area contributed by atoms with E-state index in [9.17, 15) is 24.1 Å². The Kier molecular flexibility index (Phi) is 11.5. The largest absolute Gasteiger partial charge is 0.368 e. The summed E-state index contributed by atoms with van der Waals surface area (Å²) in [5, 5.41) is 7.77. The molecule has 0 radical (unpaired) electrons. The van der Waals surface area contributed by atoms with Gasteiger partial charge in [0.25, 0.3) is 5.91 Å². The molecule has 0 aromatic carbocycles. The second kappa shape index (κ2) is 13.5. The van der Waals surface area contributed by atoms with Crippen LogP contribution in [-0.4, -0.2) is 35.7 Å². The van der Waals surface area contributed by atoms with Gasteiger partial charge in [0.1, 0.15) is 12.1 Å². The standard InChI is InChI=1S/C23H36N4O5/c1-14(2)10-17(13-20(28)27-32)22(30)26-19(11-15(3)4)23(31)25-18(21(24)29)12-16-8-6-5-7-9-16/h5-6,8,14-15,17-19H,7,9-13H2,1-4H3,(H2,24,29)(H,25,31)(H,26,30)/t17-,18+,19+/m1/s1. The monoisotopic (exact) mass is 448 g/mol. The molecular formula is C23H36N4O5. The van der Waals surface area contributed by atoms with Crippen LogP contribution in [-0.2, 0) is 19.2 Å². The molecule has 0 bridgehead atoms. The first kappa shape index (κ1) is 27.2. The lowest BCUT2D eigenvalue weighted by molar-refractivity contribution is -0.134. The van der Waals surface area contributed by atoms with Crippen LogP contribution in [0.15, 0.2) is 29.0 Å². The Morgan fingerprint density at radius 2 is 1.62 bits per heavy atom. The van der Waals surface area contributed by atoms with Crippen molar-refractivity contribution in [1.29, 1.82) is 0 Å². The number of carbonyl (C=O) groups is 4. The van der Waals surface area contributed by atoms with E-state index in [4.69, 9.17) is 5.73 Å². The molecule has 9 nitrogen and oxygen atoms in total. The summed E-state index contributed by atoms with van der Waals surface area (Å²) in [7, 11) is 0. The van der Waals surface area contributed by atoms with Crippen molar-refractivity contribution in [3.05, 3.63) is 28.7 Å². The van der Waals surface area contributed by atoms with Gasteiger partial charge in [-0.15, -0.1) is 4.91 Å². The van der Waals surface area contributed by atoms with Gasteiger partial charge in [-0.2, -0.15) is 0 Å². The summed E-state index contributed by atoms with van der Waals surface area (Å²) >= 11 is 0. The summed E-state index contributed by atoms with van der Waals surface area (Å²) in [6.07, 6.45) is 8.20. The molecule has 4 amide bonds. The van der Waals surface area contributed by atoms with Crippen molar-refractivity contribution in [2.45, 2.75) is 78.3 Å². The van der Waals surface area contributed by atoms with E-state index in [1.165, 1.54) is 0 Å². The quantitative estimate of drug-likeness (QED) is 0.370. The molecule has 0 spiro atoms. The molecule has 0 saturated heterocycles. The number of carbonyl (C=O) groups excluding carboxylic acids is 4. The molecule has 32 heavy (non-hydrogen) atoms. The topological polar surface area (TPSA) is 148 Å². The Balaban J connectivity index is 2.94. The molecule has 1 rings (SSSR count). The predicted octanol–water partition coefficient (Wildman–Crippen LogP) is 2.50. The van der Waals surface area contributed by atoms with Crippen LogP contribution in [0.1, 0.15) is 66.2 Å². The average Bonchev–Trinajstić information content (AvgIpc) is 2.72. The van der Waals surface area contributed by atoms with Crippen LogP contribution in [0, 0.1) is 22.7 Å². The Morgan fingerprint density at radius 3 is 2.12 bits per heavy atom. The van der Waals surface area contributed by atoms with E-state index in [1.807, 2.05) is 45.9 Å². The lowest BCUT2D eigenvalue weighted by atomic mass is 9.92. The first-order chi connectivity index (χ1) is 15.0. The minimum Gasteiger partial charge on any atom is -0.368 e. The maximum atomic E-state index is 13.0. The van der Waals surface area contributed by atoms with E-state index in [2.05, 4.69) is 15.8 Å². The van der Waals surface area contributed by atoms with E-state index in [0.717, 1.165) is 18.4 Å². The molecule has 0 fully saturated rings. The third-order valence-electron chi connectivity index (χ3n) is 5.22. The van der Waals surface area contributed by atoms with Crippen molar-refractivity contribution in [1.82, 2.24) is 10.6 Å². The van der Waals surface area contributed by atoms with Crippen LogP contribution in [0.2, 0.25) is 0 Å². The molecule has 0 aliphatic heterocycles. The highest BCUT2D eigenvalue weighted by Crippen LogP contribution is 2.19. The smallest absolute Gasteiger partial charge is 0.287 e. The second-order valence-electron chi connectivity index (χ2n) is 9.17. The van der Waals surface area contributed by atoms with Crippen molar-refractivity contribution >= 4 is 23.6 Å². The van der Waals surface area contributed by atoms with Crippen molar-refractivity contribution in [2.75, 3.05) is 0 Å². The SMILES string of the molecule is CC(C)C[C@H](CC(=O)N=O)C(=O)N[C@@H](CC(C)C)C(=O)N[C@@H](CC1=CC=CCC1)C(N)=O. The fourth-order valence-electron chi connectivity index (χ4n) is 3.67. The van der Waals surface area contributed by atoms with Crippen LogP contribution in [0.4, 0.5) is 0 Å². The highest BCUT2D eigenvalue weighted by atomic mass is 16.3. The minimum absolute atomic E-state index is 0.0751. The van der Waals surface area contributed by atoms with Gasteiger partial charge in [-0.3, -0.25) is 19.2 Å². The second-order valence-corrected chi connectivity index (χ2v) is 9.17. The molecule has 4 N–H and O–H groups in total. The fraction of sp³-hybridized carbons (Fsp3) is 0.652. The Hall–Kier alpha value is -2.84. The summed E-state index contributed by atoms with van der Waals surface area (Å²) < 4.78 is 0. The zero-order valence-electron chi connectivity index (χ0n) is 19.4. The van der Waals surface area contributed by atoms with Gasteiger partial charge in [0.15, 0.2) is 0 Å². The number of hydrogen-bond acceptors (Lipinski definition) is 5. The number of nitrogens with one attached hydrogen (secondary N) is 2. The molecule has 0 unspecified atom stereocenters. The molecule has 0 heterocycles. The molecule has 9 heteroatoms. The van der Waals surface area contributed by atoms with Crippen molar-refractivity contribution in [3.63, 3.8) is 0 Å². The van der Waals surface area contributed by atoms with E-state index >= 15 is 0 Å². The van der Waals surface area contributed by atoms with Gasteiger partial charge in [-0.1, -0.05) is 51.5 Å². The number of primary amides is 1. The van der Waals surface area contributed by atoms with Crippen molar-refractivity contribution < 1.29 is 19.2 Å². The molecule has 178 valence electrons. The van der Waals surface area contributed by atoms with Crippen LogP contribution in [0.25, 0.3) is 0 Å². The van der Waals surface area contributed by atoms with Gasteiger partial charge in [-0.05, 0) is 43.9 Å². The maximum absolute atomic E-state index is 13.0. The zero-order chi connectivity index (χ0) is 24.3. The molecule has 0 aromatic rings. The van der Waals surface area contributed by atoms with Crippen LogP contribution >= 0.6 is 0 Å². The van der Waals surface area contributed by atoms with Crippen LogP contribution in [0.3, 0.4) is 0 Å². The predicted molar refractivity (Wildman–Crippen MR) is 122 cm³/mol. The molecule has 3 atom stereocenters. The van der Waals surface area contributed by atoms with Gasteiger partial charge in [0, 0.05) is 17.5 Å². The molecule has 0 saturated carbocycles. The van der Waals surface area contributed by atoms with Crippen LogP contribution < -0.4 is 16.4 Å². The Morgan fingerprint density at radius 1 is 1.00 bits per heavy atom. The highest BCUT2D eigenvalue weighted by Gasteiger charge is 2.30. The summed E-state index contributed by atoms with van der Waals surface area (Å²) in [5.74, 6) is -3.15. The number of allylic oxidation sites excluding steroid dienone is 3. The Labute approximate surface area is 189 Å². The van der Waals surface area contributed by atoms with Gasteiger partial charge in [0.2, 0.25) is 17.7 Å². The van der Waals surface area contributed by atoms with E-state index in [1.54, 1.807) is 0 Å². The Bertz CT molecular complexity index is 757. The van der Waals surface area contributed by atoms with Crippen molar-refractivity contribution in [3.8, 4) is 0 Å². The molecule has 1 aliphatic rings. The highest BCUT2D eigenvalue weighted by molar-refractivity contribution is 5.93. The lowest BCUT2D eigenvalue weighted by Crippen LogP contribution is -2.54. The third-order valence-corrected chi connectivity index (χ3v) is 5.22. The number of nitroso groups, excluding NO2 is 1. The zero-order valence-corrected chi connectivity index (χ0v) is 19.4. The van der Waals surface area contributed by atoms with E-state index < -0.39 is 41.6 Å².